The maximum Gasteiger partial charge on any atom is 0.115 e. The van der Waals surface area contributed by atoms with E-state index in [-0.39, 0.29) is 5.41 Å². The van der Waals surface area contributed by atoms with Crippen molar-refractivity contribution in [3.63, 3.8) is 0 Å². The quantitative estimate of drug-likeness (QED) is 0.806. The lowest BCUT2D eigenvalue weighted by Gasteiger charge is -2.45. The summed E-state index contributed by atoms with van der Waals surface area (Å²) in [5, 5.41) is 9.82. The number of aromatic hydroxyl groups is 1. The van der Waals surface area contributed by atoms with Gasteiger partial charge in [-0.15, -0.1) is 0 Å². The van der Waals surface area contributed by atoms with Crippen LogP contribution in [-0.4, -0.2) is 29.6 Å². The predicted molar refractivity (Wildman–Crippen MR) is 101 cm³/mol. The van der Waals surface area contributed by atoms with Gasteiger partial charge in [0.25, 0.3) is 0 Å². The fourth-order valence-corrected chi connectivity index (χ4v) is 4.67. The van der Waals surface area contributed by atoms with Crippen LogP contribution < -0.4 is 0 Å². The third-order valence-corrected chi connectivity index (χ3v) is 6.67. The number of likely N-dealkylation sites (tertiary alicyclic amines) is 1. The van der Waals surface area contributed by atoms with Crippen LogP contribution in [0.4, 0.5) is 0 Å². The average Bonchev–Trinajstić information content (AvgIpc) is 2.59. The van der Waals surface area contributed by atoms with Gasteiger partial charge in [0.2, 0.25) is 0 Å². The number of nitrogens with zero attached hydrogens (tertiary/aromatic N) is 1. The summed E-state index contributed by atoms with van der Waals surface area (Å²) in [4.78, 5) is 2.65. The third kappa shape index (κ3) is 4.14. The Morgan fingerprint density at radius 3 is 2.75 bits per heavy atom. The number of hydrogen-bond acceptors (Lipinski definition) is 2. The molecular weight excluding hydrogens is 294 g/mol. The molecule has 1 heterocycles. The maximum atomic E-state index is 9.82. The highest BCUT2D eigenvalue weighted by Gasteiger charge is 2.37. The predicted octanol–water partition coefficient (Wildman–Crippen LogP) is 5.17. The second-order valence-corrected chi connectivity index (χ2v) is 8.34. The second-order valence-electron chi connectivity index (χ2n) is 8.34. The summed E-state index contributed by atoms with van der Waals surface area (Å²) in [6, 6.07) is 7.90. The highest BCUT2D eigenvalue weighted by Crippen LogP contribution is 2.40. The van der Waals surface area contributed by atoms with Crippen molar-refractivity contribution in [3.05, 3.63) is 36.2 Å². The first kappa shape index (κ1) is 17.8. The minimum absolute atomic E-state index is 0.183. The molecule has 2 nitrogen and oxygen atoms in total. The van der Waals surface area contributed by atoms with Gasteiger partial charge < -0.3 is 10.0 Å². The Morgan fingerprint density at radius 2 is 2.04 bits per heavy atom. The lowest BCUT2D eigenvalue weighted by molar-refractivity contribution is 0.111. The zero-order valence-corrected chi connectivity index (χ0v) is 15.5. The van der Waals surface area contributed by atoms with E-state index in [1.165, 1.54) is 70.1 Å². The second kappa shape index (κ2) is 7.91. The molecule has 133 valence electrons. The number of piperidine rings is 1. The summed E-state index contributed by atoms with van der Waals surface area (Å²) >= 11 is 0. The Labute approximate surface area is 148 Å². The van der Waals surface area contributed by atoms with Gasteiger partial charge in [0.05, 0.1) is 0 Å². The fourth-order valence-electron chi connectivity index (χ4n) is 4.67. The summed E-state index contributed by atoms with van der Waals surface area (Å²) in [6.07, 6.45) is 12.2. The SMILES string of the molecule is C[C@H]1CN(CC[CH]C2CCCCC2)CC[C@@]1(C)c1cccc(O)c1. The van der Waals surface area contributed by atoms with E-state index >= 15 is 0 Å². The zero-order valence-electron chi connectivity index (χ0n) is 15.5. The number of hydrogen-bond donors (Lipinski definition) is 1. The molecule has 0 amide bonds. The summed E-state index contributed by atoms with van der Waals surface area (Å²) in [5.41, 5.74) is 1.48. The first-order chi connectivity index (χ1) is 11.6. The maximum absolute atomic E-state index is 9.82. The molecule has 1 saturated heterocycles. The van der Waals surface area contributed by atoms with E-state index in [0.717, 1.165) is 5.92 Å². The normalized spacial score (nSPS) is 29.7. The molecule has 2 fully saturated rings. The Morgan fingerprint density at radius 1 is 1.25 bits per heavy atom. The Bertz CT molecular complexity index is 522. The number of rotatable bonds is 5. The molecule has 1 aromatic carbocycles. The standard InChI is InChI=1S/C22H34NO/c1-18-17-23(14-7-10-19-8-4-3-5-9-19)15-13-22(18,2)20-11-6-12-21(24)16-20/h6,10-12,16,18-19,24H,3-5,7-9,13-15,17H2,1-2H3/t18-,22+/m0/s1. The van der Waals surface area contributed by atoms with Gasteiger partial charge >= 0.3 is 0 Å². The Hall–Kier alpha value is -1.02. The van der Waals surface area contributed by atoms with Gasteiger partial charge in [0.1, 0.15) is 5.75 Å². The van der Waals surface area contributed by atoms with Crippen molar-refractivity contribution < 1.29 is 5.11 Å². The van der Waals surface area contributed by atoms with Gasteiger partial charge in [0.15, 0.2) is 0 Å². The van der Waals surface area contributed by atoms with Crippen LogP contribution in [0, 0.1) is 18.3 Å². The molecule has 1 aliphatic carbocycles. The molecule has 0 aromatic heterocycles. The van der Waals surface area contributed by atoms with Crippen LogP contribution in [0.3, 0.4) is 0 Å². The average molecular weight is 329 g/mol. The third-order valence-electron chi connectivity index (χ3n) is 6.67. The van der Waals surface area contributed by atoms with Crippen molar-refractivity contribution in [2.45, 2.75) is 64.2 Å². The van der Waals surface area contributed by atoms with Crippen molar-refractivity contribution >= 4 is 0 Å². The first-order valence-corrected chi connectivity index (χ1v) is 9.93. The molecule has 1 N–H and O–H groups in total. The molecule has 24 heavy (non-hydrogen) atoms. The van der Waals surface area contributed by atoms with Crippen LogP contribution in [0.5, 0.6) is 5.75 Å². The van der Waals surface area contributed by atoms with E-state index in [4.69, 9.17) is 0 Å². The molecule has 1 aromatic rings. The largest absolute Gasteiger partial charge is 0.508 e. The van der Waals surface area contributed by atoms with E-state index in [1.54, 1.807) is 6.07 Å². The summed E-state index contributed by atoms with van der Waals surface area (Å²) in [7, 11) is 0. The Kier molecular flexibility index (Phi) is 5.86. The summed E-state index contributed by atoms with van der Waals surface area (Å²) in [6.45, 7) is 8.32. The van der Waals surface area contributed by atoms with E-state index in [9.17, 15) is 5.11 Å². The van der Waals surface area contributed by atoms with Crippen molar-refractivity contribution in [3.8, 4) is 5.75 Å². The lowest BCUT2D eigenvalue weighted by Crippen LogP contribution is -2.47. The molecule has 3 rings (SSSR count). The van der Waals surface area contributed by atoms with Gasteiger partial charge in [-0.1, -0.05) is 58.1 Å². The molecule has 0 unspecified atom stereocenters. The van der Waals surface area contributed by atoms with Crippen molar-refractivity contribution in [2.24, 2.45) is 11.8 Å². The van der Waals surface area contributed by atoms with E-state index in [0.29, 0.717) is 11.7 Å². The number of phenols is 1. The minimum Gasteiger partial charge on any atom is -0.508 e. The molecule has 0 bridgehead atoms. The monoisotopic (exact) mass is 328 g/mol. The smallest absolute Gasteiger partial charge is 0.115 e. The van der Waals surface area contributed by atoms with Gasteiger partial charge in [-0.25, -0.2) is 0 Å². The zero-order chi connectivity index (χ0) is 17.0. The molecule has 1 saturated carbocycles. The molecule has 2 heteroatoms. The van der Waals surface area contributed by atoms with Gasteiger partial charge in [-0.2, -0.15) is 0 Å². The molecule has 0 spiro atoms. The van der Waals surface area contributed by atoms with Crippen LogP contribution in [0.2, 0.25) is 0 Å². The highest BCUT2D eigenvalue weighted by molar-refractivity contribution is 5.33. The van der Waals surface area contributed by atoms with Crippen LogP contribution in [0.1, 0.15) is 64.4 Å². The van der Waals surface area contributed by atoms with Crippen LogP contribution in [0.25, 0.3) is 0 Å². The first-order valence-electron chi connectivity index (χ1n) is 9.93. The van der Waals surface area contributed by atoms with Crippen molar-refractivity contribution in [1.82, 2.24) is 4.90 Å². The van der Waals surface area contributed by atoms with Gasteiger partial charge in [0, 0.05) is 6.54 Å². The van der Waals surface area contributed by atoms with E-state index in [1.807, 2.05) is 12.1 Å². The van der Waals surface area contributed by atoms with Crippen molar-refractivity contribution in [1.29, 1.82) is 0 Å². The molecule has 1 radical (unpaired) electrons. The van der Waals surface area contributed by atoms with Crippen molar-refractivity contribution in [2.75, 3.05) is 19.6 Å². The topological polar surface area (TPSA) is 23.5 Å². The molecule has 2 aliphatic rings. The summed E-state index contributed by atoms with van der Waals surface area (Å²) < 4.78 is 0. The summed E-state index contributed by atoms with van der Waals surface area (Å²) in [5.74, 6) is 1.90. The molecule has 2 atom stereocenters. The van der Waals surface area contributed by atoms with Crippen LogP contribution in [0.15, 0.2) is 24.3 Å². The minimum atomic E-state index is 0.183. The van der Waals surface area contributed by atoms with Crippen LogP contribution in [-0.2, 0) is 5.41 Å². The molecular formula is C22H34NO. The molecule has 1 aliphatic heterocycles. The van der Waals surface area contributed by atoms with E-state index < -0.39 is 0 Å². The Balaban J connectivity index is 1.49. The highest BCUT2D eigenvalue weighted by atomic mass is 16.3. The van der Waals surface area contributed by atoms with Gasteiger partial charge in [-0.05, 0) is 67.3 Å². The van der Waals surface area contributed by atoms with Crippen LogP contribution >= 0.6 is 0 Å². The lowest BCUT2D eigenvalue weighted by atomic mass is 9.68. The number of benzene rings is 1. The fraction of sp³-hybridized carbons (Fsp3) is 0.682. The number of phenolic OH excluding ortho intramolecular Hbond substituents is 1. The van der Waals surface area contributed by atoms with Gasteiger partial charge in [-0.3, -0.25) is 0 Å². The van der Waals surface area contributed by atoms with E-state index in [2.05, 4.69) is 31.2 Å².